The zero-order chi connectivity index (χ0) is 19.1. The minimum atomic E-state index is -4.74. The van der Waals surface area contributed by atoms with Crippen molar-refractivity contribution in [2.75, 3.05) is 5.32 Å². The minimum Gasteiger partial charge on any atom is -0.333 e. The van der Waals surface area contributed by atoms with Crippen molar-refractivity contribution in [1.82, 2.24) is 15.0 Å². The van der Waals surface area contributed by atoms with Crippen molar-refractivity contribution in [2.24, 2.45) is 0 Å². The van der Waals surface area contributed by atoms with Crippen molar-refractivity contribution in [3.05, 3.63) is 53.6 Å². The highest BCUT2D eigenvalue weighted by molar-refractivity contribution is 6.11. The molecule has 0 spiro atoms. The number of nitrogens with zero attached hydrogens (tertiary/aromatic N) is 2. The normalized spacial score (nSPS) is 12.4. The van der Waals surface area contributed by atoms with E-state index in [0.29, 0.717) is 0 Å². The number of benzene rings is 1. The smallest absolute Gasteiger partial charge is 0.333 e. The molecule has 0 saturated heterocycles. The predicted molar refractivity (Wildman–Crippen MR) is 78.3 cm³/mol. The van der Waals surface area contributed by atoms with Gasteiger partial charge < -0.3 is 10.3 Å². The topological polar surface area (TPSA) is 70.7 Å². The number of fused-ring (bicyclic) bond motifs is 1. The summed E-state index contributed by atoms with van der Waals surface area (Å²) < 4.78 is 75.8. The first-order valence-electron chi connectivity index (χ1n) is 6.95. The number of hydrogen-bond acceptors (Lipinski definition) is 3. The van der Waals surface area contributed by atoms with Gasteiger partial charge in [-0.15, -0.1) is 0 Å². The number of hydrogen-bond donors (Lipinski definition) is 2. The van der Waals surface area contributed by atoms with Gasteiger partial charge in [0.15, 0.2) is 0 Å². The molecular formula is C15H8F6N4O. The van der Waals surface area contributed by atoms with Crippen molar-refractivity contribution in [1.29, 1.82) is 0 Å². The van der Waals surface area contributed by atoms with Gasteiger partial charge in [0.05, 0.1) is 22.8 Å². The van der Waals surface area contributed by atoms with Crippen molar-refractivity contribution in [2.45, 2.75) is 12.4 Å². The number of aromatic nitrogens is 3. The Morgan fingerprint density at radius 3 is 2.19 bits per heavy atom. The maximum absolute atomic E-state index is 12.7. The number of carbonyl (C=O) groups excluding carboxylic acids is 1. The molecular weight excluding hydrogens is 366 g/mol. The van der Waals surface area contributed by atoms with E-state index >= 15 is 0 Å². The van der Waals surface area contributed by atoms with Crippen LogP contribution in [0.3, 0.4) is 0 Å². The molecule has 5 nitrogen and oxygen atoms in total. The lowest BCUT2D eigenvalue weighted by atomic mass is 10.2. The third kappa shape index (κ3) is 3.46. The number of aromatic amines is 1. The van der Waals surface area contributed by atoms with Gasteiger partial charge in [-0.25, -0.2) is 4.98 Å². The first kappa shape index (κ1) is 17.7. The fourth-order valence-corrected chi connectivity index (χ4v) is 2.17. The number of carbonyl (C=O) groups is 1. The Balaban J connectivity index is 1.89. The van der Waals surface area contributed by atoms with Crippen LogP contribution in [-0.4, -0.2) is 20.9 Å². The van der Waals surface area contributed by atoms with E-state index < -0.39 is 29.6 Å². The molecule has 136 valence electrons. The van der Waals surface area contributed by atoms with Crippen LogP contribution in [0.2, 0.25) is 0 Å². The van der Waals surface area contributed by atoms with Gasteiger partial charge in [-0.05, 0) is 24.3 Å². The van der Waals surface area contributed by atoms with Crippen molar-refractivity contribution in [3.63, 3.8) is 0 Å². The molecule has 26 heavy (non-hydrogen) atoms. The Kier molecular flexibility index (Phi) is 4.09. The number of rotatable bonds is 2. The van der Waals surface area contributed by atoms with Crippen LogP contribution in [0.4, 0.5) is 32.0 Å². The molecule has 0 fully saturated rings. The third-order valence-electron chi connectivity index (χ3n) is 3.38. The molecule has 0 unspecified atom stereocenters. The lowest BCUT2D eigenvalue weighted by Crippen LogP contribution is -2.13. The second-order valence-electron chi connectivity index (χ2n) is 5.20. The summed E-state index contributed by atoms with van der Waals surface area (Å²) in [4.78, 5) is 21.3. The van der Waals surface area contributed by atoms with Gasteiger partial charge in [-0.1, -0.05) is 0 Å². The fourth-order valence-electron chi connectivity index (χ4n) is 2.17. The predicted octanol–water partition coefficient (Wildman–Crippen LogP) is 4.25. The zero-order valence-electron chi connectivity index (χ0n) is 12.5. The van der Waals surface area contributed by atoms with Crippen LogP contribution in [0.25, 0.3) is 11.0 Å². The Morgan fingerprint density at radius 2 is 1.62 bits per heavy atom. The van der Waals surface area contributed by atoms with Crippen molar-refractivity contribution < 1.29 is 31.1 Å². The van der Waals surface area contributed by atoms with Gasteiger partial charge in [0.2, 0.25) is 5.82 Å². The number of amides is 1. The summed E-state index contributed by atoms with van der Waals surface area (Å²) in [5, 5.41) is 2.30. The van der Waals surface area contributed by atoms with Crippen LogP contribution in [0.15, 0.2) is 36.7 Å². The number of pyridine rings is 1. The molecule has 0 aliphatic carbocycles. The standard InChI is InChI=1S/C15H8F6N4O/c16-14(17,18)7-1-3-8(4-2-7)23-12(26)9-5-22-6-10-11(9)25-13(24-10)15(19,20)21/h1-6H,(H,23,26)(H,24,25). The van der Waals surface area contributed by atoms with Gasteiger partial charge in [0.25, 0.3) is 5.91 Å². The van der Waals surface area contributed by atoms with Crippen LogP contribution < -0.4 is 5.32 Å². The molecule has 0 aliphatic heterocycles. The number of alkyl halides is 6. The Bertz CT molecular complexity index is 959. The van der Waals surface area contributed by atoms with Crippen LogP contribution in [0.1, 0.15) is 21.7 Å². The van der Waals surface area contributed by atoms with Gasteiger partial charge >= 0.3 is 12.4 Å². The fraction of sp³-hybridized carbons (Fsp3) is 0.133. The molecule has 3 aromatic rings. The first-order valence-corrected chi connectivity index (χ1v) is 6.95. The molecule has 3 rings (SSSR count). The highest BCUT2D eigenvalue weighted by Gasteiger charge is 2.35. The average Bonchev–Trinajstić information content (AvgIpc) is 2.98. The summed E-state index contributed by atoms with van der Waals surface area (Å²) in [6, 6.07) is 3.59. The van der Waals surface area contributed by atoms with Crippen molar-refractivity contribution >= 4 is 22.6 Å². The van der Waals surface area contributed by atoms with E-state index in [1.165, 1.54) is 0 Å². The van der Waals surface area contributed by atoms with E-state index in [1.807, 2.05) is 4.98 Å². The highest BCUT2D eigenvalue weighted by Crippen LogP contribution is 2.31. The Labute approximate surface area is 141 Å². The Morgan fingerprint density at radius 1 is 0.962 bits per heavy atom. The molecule has 1 amide bonds. The number of H-pyrrole nitrogens is 1. The van der Waals surface area contributed by atoms with Crippen LogP contribution in [0, 0.1) is 0 Å². The third-order valence-corrected chi connectivity index (χ3v) is 3.38. The second kappa shape index (κ2) is 6.00. The largest absolute Gasteiger partial charge is 0.449 e. The van der Waals surface area contributed by atoms with Crippen LogP contribution in [0.5, 0.6) is 0 Å². The van der Waals surface area contributed by atoms with Crippen LogP contribution >= 0.6 is 0 Å². The zero-order valence-corrected chi connectivity index (χ0v) is 12.5. The molecule has 11 heteroatoms. The quantitative estimate of drug-likeness (QED) is 0.659. The monoisotopic (exact) mass is 374 g/mol. The van der Waals surface area contributed by atoms with E-state index in [1.54, 1.807) is 0 Å². The number of halogens is 6. The summed E-state index contributed by atoms with van der Waals surface area (Å²) in [6.45, 7) is 0. The van der Waals surface area contributed by atoms with E-state index in [-0.39, 0.29) is 22.3 Å². The number of nitrogens with one attached hydrogen (secondary N) is 2. The molecule has 0 atom stereocenters. The van der Waals surface area contributed by atoms with E-state index in [9.17, 15) is 31.1 Å². The molecule has 0 radical (unpaired) electrons. The SMILES string of the molecule is O=C(Nc1ccc(C(F)(F)F)cc1)c1cncc2[nH]c(C(F)(F)F)nc12. The summed E-state index contributed by atoms with van der Waals surface area (Å²) >= 11 is 0. The molecule has 0 aliphatic rings. The van der Waals surface area contributed by atoms with Crippen molar-refractivity contribution in [3.8, 4) is 0 Å². The van der Waals surface area contributed by atoms with E-state index in [2.05, 4.69) is 15.3 Å². The van der Waals surface area contributed by atoms with Gasteiger partial charge in [-0.2, -0.15) is 26.3 Å². The highest BCUT2D eigenvalue weighted by atomic mass is 19.4. The number of anilines is 1. The summed E-state index contributed by atoms with van der Waals surface area (Å²) in [6.07, 6.45) is -7.17. The molecule has 1 aromatic carbocycles. The summed E-state index contributed by atoms with van der Waals surface area (Å²) in [5.41, 5.74) is -1.48. The van der Waals surface area contributed by atoms with E-state index in [0.717, 1.165) is 36.7 Å². The maximum atomic E-state index is 12.7. The van der Waals surface area contributed by atoms with Gasteiger partial charge in [-0.3, -0.25) is 9.78 Å². The first-order chi connectivity index (χ1) is 12.1. The minimum absolute atomic E-state index is 0.0339. The molecule has 0 bridgehead atoms. The molecule has 2 N–H and O–H groups in total. The average molecular weight is 374 g/mol. The molecule has 2 heterocycles. The lowest BCUT2D eigenvalue weighted by molar-refractivity contribution is -0.144. The summed E-state index contributed by atoms with van der Waals surface area (Å²) in [7, 11) is 0. The van der Waals surface area contributed by atoms with Gasteiger partial charge in [0.1, 0.15) is 5.52 Å². The lowest BCUT2D eigenvalue weighted by Gasteiger charge is -2.09. The Hall–Kier alpha value is -3.11. The van der Waals surface area contributed by atoms with Gasteiger partial charge in [0, 0.05) is 11.9 Å². The second-order valence-corrected chi connectivity index (χ2v) is 5.20. The maximum Gasteiger partial charge on any atom is 0.449 e. The summed E-state index contributed by atoms with van der Waals surface area (Å²) in [5.74, 6) is -2.15. The van der Waals surface area contributed by atoms with E-state index in [4.69, 9.17) is 0 Å². The molecule has 2 aromatic heterocycles. The van der Waals surface area contributed by atoms with Crippen LogP contribution in [-0.2, 0) is 12.4 Å². The number of imidazole rings is 1. The molecule has 0 saturated carbocycles.